The second kappa shape index (κ2) is 8.54. The maximum atomic E-state index is 12.0. The molecule has 1 heterocycles. The molecule has 0 aromatic rings. The van der Waals surface area contributed by atoms with Crippen LogP contribution in [0.1, 0.15) is 46.5 Å². The first-order valence-electron chi connectivity index (χ1n) is 7.72. The molecule has 0 aromatic heterocycles. The van der Waals surface area contributed by atoms with Gasteiger partial charge in [-0.2, -0.15) is 0 Å². The molecule has 1 saturated heterocycles. The number of amides is 1. The summed E-state index contributed by atoms with van der Waals surface area (Å²) >= 11 is 0. The van der Waals surface area contributed by atoms with E-state index in [1.165, 1.54) is 19.3 Å². The van der Waals surface area contributed by atoms with Crippen LogP contribution in [0.15, 0.2) is 0 Å². The highest BCUT2D eigenvalue weighted by atomic mass is 16.2. The standard InChI is InChI=1S/C15H31N3O/c1-12(2)11-17-15(19)13(3)18(4)10-8-14-7-5-6-9-16-14/h12-14,16H,5-11H2,1-4H3,(H,17,19). The molecule has 112 valence electrons. The molecule has 2 unspecified atom stereocenters. The van der Waals surface area contributed by atoms with Crippen molar-refractivity contribution < 1.29 is 4.79 Å². The summed E-state index contributed by atoms with van der Waals surface area (Å²) in [7, 11) is 2.04. The summed E-state index contributed by atoms with van der Waals surface area (Å²) in [4.78, 5) is 14.1. The van der Waals surface area contributed by atoms with Crippen molar-refractivity contribution in [1.82, 2.24) is 15.5 Å². The Balaban J connectivity index is 2.22. The molecule has 19 heavy (non-hydrogen) atoms. The fourth-order valence-corrected chi connectivity index (χ4v) is 2.38. The number of piperidine rings is 1. The summed E-state index contributed by atoms with van der Waals surface area (Å²) in [6.07, 6.45) is 5.06. The highest BCUT2D eigenvalue weighted by Crippen LogP contribution is 2.11. The third-order valence-electron chi connectivity index (χ3n) is 3.97. The second-order valence-electron chi connectivity index (χ2n) is 6.23. The van der Waals surface area contributed by atoms with Gasteiger partial charge in [-0.3, -0.25) is 9.69 Å². The lowest BCUT2D eigenvalue weighted by Gasteiger charge is -2.28. The van der Waals surface area contributed by atoms with Gasteiger partial charge in [0.25, 0.3) is 0 Å². The molecule has 4 heteroatoms. The third-order valence-corrected chi connectivity index (χ3v) is 3.97. The van der Waals surface area contributed by atoms with Crippen LogP contribution in [0.25, 0.3) is 0 Å². The van der Waals surface area contributed by atoms with E-state index in [2.05, 4.69) is 29.4 Å². The average Bonchev–Trinajstić information content (AvgIpc) is 2.42. The monoisotopic (exact) mass is 269 g/mol. The summed E-state index contributed by atoms with van der Waals surface area (Å²) in [5, 5.41) is 6.56. The van der Waals surface area contributed by atoms with Crippen molar-refractivity contribution in [2.45, 2.75) is 58.5 Å². The van der Waals surface area contributed by atoms with E-state index in [1.54, 1.807) is 0 Å². The molecule has 0 saturated carbocycles. The van der Waals surface area contributed by atoms with E-state index in [0.717, 1.165) is 26.1 Å². The number of nitrogens with one attached hydrogen (secondary N) is 2. The molecule has 0 bridgehead atoms. The van der Waals surface area contributed by atoms with Crippen molar-refractivity contribution in [2.75, 3.05) is 26.7 Å². The van der Waals surface area contributed by atoms with Crippen LogP contribution in [0.5, 0.6) is 0 Å². The molecule has 0 aliphatic carbocycles. The Hall–Kier alpha value is -0.610. The minimum atomic E-state index is -0.0395. The van der Waals surface area contributed by atoms with E-state index in [9.17, 15) is 4.79 Å². The summed E-state index contributed by atoms with van der Waals surface area (Å²) in [6.45, 7) is 9.12. The van der Waals surface area contributed by atoms with Gasteiger partial charge in [-0.15, -0.1) is 0 Å². The molecule has 2 N–H and O–H groups in total. The predicted octanol–water partition coefficient (Wildman–Crippen LogP) is 1.61. The predicted molar refractivity (Wildman–Crippen MR) is 80.2 cm³/mol. The summed E-state index contributed by atoms with van der Waals surface area (Å²) in [5.41, 5.74) is 0. The molecule has 0 spiro atoms. The van der Waals surface area contributed by atoms with Crippen LogP contribution < -0.4 is 10.6 Å². The maximum absolute atomic E-state index is 12.0. The zero-order chi connectivity index (χ0) is 14.3. The fourth-order valence-electron chi connectivity index (χ4n) is 2.38. The number of likely N-dealkylation sites (N-methyl/N-ethyl adjacent to an activating group) is 1. The fraction of sp³-hybridized carbons (Fsp3) is 0.933. The van der Waals surface area contributed by atoms with Crippen molar-refractivity contribution in [3.8, 4) is 0 Å². The van der Waals surface area contributed by atoms with Crippen LogP contribution in [0.3, 0.4) is 0 Å². The minimum absolute atomic E-state index is 0.0395. The lowest BCUT2D eigenvalue weighted by Crippen LogP contribution is -2.46. The summed E-state index contributed by atoms with van der Waals surface area (Å²) < 4.78 is 0. The van der Waals surface area contributed by atoms with Crippen LogP contribution in [-0.2, 0) is 4.79 Å². The minimum Gasteiger partial charge on any atom is -0.354 e. The summed E-state index contributed by atoms with van der Waals surface area (Å²) in [6, 6.07) is 0.601. The Labute approximate surface area is 118 Å². The van der Waals surface area contributed by atoms with Gasteiger partial charge in [0.1, 0.15) is 0 Å². The van der Waals surface area contributed by atoms with Gasteiger partial charge in [-0.1, -0.05) is 20.3 Å². The zero-order valence-corrected chi connectivity index (χ0v) is 13.0. The quantitative estimate of drug-likeness (QED) is 0.738. The van der Waals surface area contributed by atoms with Crippen LogP contribution >= 0.6 is 0 Å². The Bertz CT molecular complexity index is 262. The van der Waals surface area contributed by atoms with Crippen LogP contribution in [-0.4, -0.2) is 49.6 Å². The Morgan fingerprint density at radius 3 is 2.68 bits per heavy atom. The first-order valence-corrected chi connectivity index (χ1v) is 7.72. The zero-order valence-electron chi connectivity index (χ0n) is 13.0. The largest absolute Gasteiger partial charge is 0.354 e. The van der Waals surface area contributed by atoms with Crippen molar-refractivity contribution in [1.29, 1.82) is 0 Å². The highest BCUT2D eigenvalue weighted by molar-refractivity contribution is 5.81. The number of hydrogen-bond donors (Lipinski definition) is 2. The molecule has 1 amide bonds. The van der Waals surface area contributed by atoms with Gasteiger partial charge in [0.2, 0.25) is 5.91 Å². The normalized spacial score (nSPS) is 21.7. The van der Waals surface area contributed by atoms with Gasteiger partial charge >= 0.3 is 0 Å². The van der Waals surface area contributed by atoms with Gasteiger partial charge in [0.05, 0.1) is 6.04 Å². The van der Waals surface area contributed by atoms with Gasteiger partial charge in [0, 0.05) is 19.1 Å². The summed E-state index contributed by atoms with van der Waals surface area (Å²) in [5.74, 6) is 0.653. The molecule has 0 radical (unpaired) electrons. The average molecular weight is 269 g/mol. The molecular weight excluding hydrogens is 238 g/mol. The second-order valence-corrected chi connectivity index (χ2v) is 6.23. The molecule has 1 fully saturated rings. The lowest BCUT2D eigenvalue weighted by molar-refractivity contribution is -0.125. The Morgan fingerprint density at radius 2 is 2.11 bits per heavy atom. The number of carbonyl (C=O) groups is 1. The number of rotatable bonds is 7. The van der Waals surface area contributed by atoms with E-state index in [1.807, 2.05) is 14.0 Å². The van der Waals surface area contributed by atoms with E-state index in [0.29, 0.717) is 12.0 Å². The molecule has 0 aromatic carbocycles. The molecular formula is C15H31N3O. The third kappa shape index (κ3) is 6.39. The molecule has 1 aliphatic heterocycles. The van der Waals surface area contributed by atoms with E-state index >= 15 is 0 Å². The van der Waals surface area contributed by atoms with Gasteiger partial charge in [0.15, 0.2) is 0 Å². The maximum Gasteiger partial charge on any atom is 0.237 e. The SMILES string of the molecule is CC(C)CNC(=O)C(C)N(C)CCC1CCCCN1. The van der Waals surface area contributed by atoms with Crippen molar-refractivity contribution in [3.05, 3.63) is 0 Å². The first kappa shape index (κ1) is 16.4. The number of carbonyl (C=O) groups excluding carboxylic acids is 1. The van der Waals surface area contributed by atoms with Crippen LogP contribution in [0.2, 0.25) is 0 Å². The molecule has 1 rings (SSSR count). The van der Waals surface area contributed by atoms with Gasteiger partial charge in [-0.25, -0.2) is 0 Å². The van der Waals surface area contributed by atoms with Crippen molar-refractivity contribution in [2.24, 2.45) is 5.92 Å². The highest BCUT2D eigenvalue weighted by Gasteiger charge is 2.19. The van der Waals surface area contributed by atoms with Gasteiger partial charge < -0.3 is 10.6 Å². The first-order chi connectivity index (χ1) is 9.00. The van der Waals surface area contributed by atoms with E-state index in [4.69, 9.17) is 0 Å². The topological polar surface area (TPSA) is 44.4 Å². The Kier molecular flexibility index (Phi) is 7.39. The number of hydrogen-bond acceptors (Lipinski definition) is 3. The molecule has 1 aliphatic rings. The van der Waals surface area contributed by atoms with Crippen molar-refractivity contribution in [3.63, 3.8) is 0 Å². The van der Waals surface area contributed by atoms with Crippen LogP contribution in [0.4, 0.5) is 0 Å². The van der Waals surface area contributed by atoms with Crippen LogP contribution in [0, 0.1) is 5.92 Å². The van der Waals surface area contributed by atoms with Gasteiger partial charge in [-0.05, 0) is 45.7 Å². The molecule has 4 nitrogen and oxygen atoms in total. The lowest BCUT2D eigenvalue weighted by atomic mass is 10.0. The van der Waals surface area contributed by atoms with E-state index < -0.39 is 0 Å². The van der Waals surface area contributed by atoms with E-state index in [-0.39, 0.29) is 11.9 Å². The molecule has 2 atom stereocenters. The smallest absolute Gasteiger partial charge is 0.237 e. The number of nitrogens with zero attached hydrogens (tertiary/aromatic N) is 1. The Morgan fingerprint density at radius 1 is 1.37 bits per heavy atom. The van der Waals surface area contributed by atoms with Crippen molar-refractivity contribution >= 4 is 5.91 Å².